The predicted octanol–water partition coefficient (Wildman–Crippen LogP) is 11.8. The van der Waals surface area contributed by atoms with Crippen molar-refractivity contribution < 1.29 is 114 Å². The molecule has 20 atom stereocenters. The van der Waals surface area contributed by atoms with Crippen molar-refractivity contribution in [2.24, 2.45) is 0 Å². The Morgan fingerprint density at radius 3 is 1.08 bits per heavy atom. The summed E-state index contributed by atoms with van der Waals surface area (Å²) in [5.74, 6) is -2.07. The second kappa shape index (κ2) is 46.5. The number of esters is 2. The van der Waals surface area contributed by atoms with Crippen LogP contribution in [0.1, 0.15) is 72.2 Å². The Hall–Kier alpha value is -9.02. The molecule has 648 valence electrons. The third-order valence-electron chi connectivity index (χ3n) is 20.9. The quantitative estimate of drug-likeness (QED) is 0.0236. The summed E-state index contributed by atoms with van der Waals surface area (Å²) in [6, 6.07) is 72.6. The maximum atomic E-state index is 14.5. The number of hydrogen-bond acceptors (Lipinski definition) is 24. The summed E-state index contributed by atoms with van der Waals surface area (Å²) in [4.78, 5) is 54.2. The molecule has 8 aromatic carbocycles. The summed E-state index contributed by atoms with van der Waals surface area (Å²) < 4.78 is 133. The molecule has 0 saturated carbocycles. The van der Waals surface area contributed by atoms with E-state index in [1.165, 1.54) is 20.8 Å². The lowest BCUT2D eigenvalue weighted by molar-refractivity contribution is -0.400. The minimum atomic E-state index is -1.81. The highest BCUT2D eigenvalue weighted by Gasteiger charge is 2.60. The van der Waals surface area contributed by atoms with E-state index in [1.807, 2.05) is 237 Å². The number of benzene rings is 8. The van der Waals surface area contributed by atoms with E-state index in [9.17, 15) is 24.3 Å². The van der Waals surface area contributed by atoms with Crippen LogP contribution in [-0.4, -0.2) is 200 Å². The Balaban J connectivity index is 1.06. The van der Waals surface area contributed by atoms with Gasteiger partial charge in [-0.3, -0.25) is 19.2 Å². The predicted molar refractivity (Wildman–Crippen MR) is 447 cm³/mol. The van der Waals surface area contributed by atoms with Crippen molar-refractivity contribution >= 4 is 31.8 Å². The highest BCUT2D eigenvalue weighted by Crippen LogP contribution is 2.41. The molecule has 4 aliphatic rings. The van der Waals surface area contributed by atoms with E-state index >= 15 is 0 Å². The molecule has 4 saturated heterocycles. The number of rotatable bonds is 43. The van der Waals surface area contributed by atoms with Crippen LogP contribution < -0.4 is 15.4 Å². The standard InChI is InChI=1S/C94H114N2O24Si/c1-62(97)95-79-81(101)82(113-65(4)100)78(61-107-64(3)99)115-91(79)118-85-77(60-105-52-68-34-20-11-21-35-68)117-94(119-84-76(59-104-51-67-32-18-10-19-33-67)116-93(106-48-49-121(6,7)8)89(111-55-71-40-26-14-27-41-71)87(84)110-54-70-38-24-13-25-39-70)90(112-56-72-42-28-15-29-43-72)88(85)120-92-80(96-63(2)98)86(109-53-69-36-22-12-23-37-69)83(108-57-73-44-46-74(102-5)47-45-73)75(114-92)58-103-50-66-30-16-9-17-31-66/h9-47,75-94,101H,48-61H2,1-8H3,(H,95,97)(H,96,98)/t75-,76-,77-,78-,79-,80-,81-,82+,83-,84-,85+,86-,87+,88+,89-,90-,91+,92+,93-,94+/m1/s1. The van der Waals surface area contributed by atoms with Crippen LogP contribution >= 0.6 is 0 Å². The summed E-state index contributed by atoms with van der Waals surface area (Å²) in [7, 11) is -0.168. The number of methoxy groups -OCH3 is 1. The largest absolute Gasteiger partial charge is 0.497 e. The number of carbonyl (C=O) groups excluding carboxylic acids is 4. The molecule has 27 heteroatoms. The van der Waals surface area contributed by atoms with Crippen LogP contribution in [-0.2, 0) is 157 Å². The smallest absolute Gasteiger partial charge is 0.303 e. The zero-order chi connectivity index (χ0) is 84.9. The van der Waals surface area contributed by atoms with E-state index in [-0.39, 0.29) is 72.7 Å². The number of amides is 2. The fourth-order valence-corrected chi connectivity index (χ4v) is 15.6. The summed E-state index contributed by atoms with van der Waals surface area (Å²) >= 11 is 0. The Bertz CT molecular complexity index is 4360. The van der Waals surface area contributed by atoms with Crippen LogP contribution in [0, 0.1) is 0 Å². The first-order chi connectivity index (χ1) is 58.8. The summed E-state index contributed by atoms with van der Waals surface area (Å²) in [6.07, 6.45) is -24.9. The molecule has 0 aliphatic carbocycles. The number of nitrogens with one attached hydrogen (secondary N) is 2. The highest BCUT2D eigenvalue weighted by molar-refractivity contribution is 6.76. The van der Waals surface area contributed by atoms with Gasteiger partial charge in [0.2, 0.25) is 11.8 Å². The number of carbonyl (C=O) groups is 4. The lowest BCUT2D eigenvalue weighted by Gasteiger charge is -2.53. The molecule has 0 spiro atoms. The van der Waals surface area contributed by atoms with E-state index < -0.39 is 161 Å². The number of hydrogen-bond donors (Lipinski definition) is 3. The SMILES string of the molecule is COc1ccc(CO[C@H]2[C@H](OCc3ccccc3)[C@@H](NC(C)=O)[C@H](O[C@H]3[C@@H](O[C@@H]4O[C@H](COC(C)=O)[C@H](OC(C)=O)[C@H](O)[C@H]4NC(C)=O)[C@@H](COCc4ccccc4)O[C@@H](O[C@H]4[C@H](OCc5ccccc5)[C@@H](OCc5ccccc5)[C@H](OCC[Si](C)(C)C)O[C@@H]4COCc4ccccc4)[C@@H]3OCc3ccccc3)O[C@@H]2COCc2ccccc2)cc1. The molecule has 4 heterocycles. The van der Waals surface area contributed by atoms with Gasteiger partial charge in [0.15, 0.2) is 31.3 Å². The number of aliphatic hydroxyl groups is 1. The molecule has 0 radical (unpaired) electrons. The van der Waals surface area contributed by atoms with E-state index in [0.717, 1.165) is 51.9 Å². The van der Waals surface area contributed by atoms with Gasteiger partial charge in [0, 0.05) is 42.4 Å². The highest BCUT2D eigenvalue weighted by atomic mass is 28.3. The molecule has 121 heavy (non-hydrogen) atoms. The van der Waals surface area contributed by atoms with Crippen LogP contribution in [0.5, 0.6) is 5.75 Å². The van der Waals surface area contributed by atoms with Gasteiger partial charge in [0.05, 0.1) is 79.8 Å². The Kier molecular flexibility index (Phi) is 35.0. The third kappa shape index (κ3) is 27.7. The zero-order valence-electron chi connectivity index (χ0n) is 69.8. The number of aliphatic hydroxyl groups excluding tert-OH is 1. The van der Waals surface area contributed by atoms with Gasteiger partial charge in [-0.05, 0) is 62.7 Å². The van der Waals surface area contributed by atoms with Crippen molar-refractivity contribution in [2.75, 3.05) is 40.1 Å². The van der Waals surface area contributed by atoms with Crippen molar-refractivity contribution in [3.63, 3.8) is 0 Å². The first kappa shape index (κ1) is 91.2. The molecular weight excluding hydrogens is 1570 g/mol. The van der Waals surface area contributed by atoms with Crippen LogP contribution in [0.3, 0.4) is 0 Å². The topological polar surface area (TPSA) is 288 Å². The molecule has 3 N–H and O–H groups in total. The molecule has 0 unspecified atom stereocenters. The van der Waals surface area contributed by atoms with Gasteiger partial charge in [-0.15, -0.1) is 0 Å². The van der Waals surface area contributed by atoms with Crippen molar-refractivity contribution in [2.45, 2.75) is 229 Å². The van der Waals surface area contributed by atoms with Gasteiger partial charge in [-0.1, -0.05) is 244 Å². The Labute approximate surface area is 709 Å². The summed E-state index contributed by atoms with van der Waals surface area (Å²) in [5.41, 5.74) is 6.48. The average Bonchev–Trinajstić information content (AvgIpc) is 0.753. The first-order valence-electron chi connectivity index (χ1n) is 41.2. The van der Waals surface area contributed by atoms with E-state index in [4.69, 9.17) is 90.0 Å². The minimum absolute atomic E-state index is 0.000936. The third-order valence-corrected chi connectivity index (χ3v) is 22.6. The van der Waals surface area contributed by atoms with E-state index in [0.29, 0.717) is 17.9 Å². The second-order valence-electron chi connectivity index (χ2n) is 31.6. The Morgan fingerprint density at radius 1 is 0.339 bits per heavy atom. The molecule has 2 amide bonds. The fourth-order valence-electron chi connectivity index (χ4n) is 14.9. The average molecular weight is 1680 g/mol. The van der Waals surface area contributed by atoms with Gasteiger partial charge >= 0.3 is 11.9 Å². The fraction of sp³-hybridized carbons (Fsp3) is 0.447. The van der Waals surface area contributed by atoms with Gasteiger partial charge in [-0.2, -0.15) is 0 Å². The first-order valence-corrected chi connectivity index (χ1v) is 44.9. The van der Waals surface area contributed by atoms with Crippen molar-refractivity contribution in [1.29, 1.82) is 0 Å². The van der Waals surface area contributed by atoms with E-state index in [1.54, 1.807) is 7.11 Å². The lowest BCUT2D eigenvalue weighted by Crippen LogP contribution is -2.71. The van der Waals surface area contributed by atoms with E-state index in [2.05, 4.69) is 30.3 Å². The van der Waals surface area contributed by atoms with Gasteiger partial charge in [-0.25, -0.2) is 0 Å². The van der Waals surface area contributed by atoms with Gasteiger partial charge in [0.25, 0.3) is 0 Å². The molecule has 26 nitrogen and oxygen atoms in total. The summed E-state index contributed by atoms with van der Waals surface area (Å²) in [5, 5.41) is 18.8. The molecule has 8 aromatic rings. The van der Waals surface area contributed by atoms with Crippen molar-refractivity contribution in [1.82, 2.24) is 10.6 Å². The summed E-state index contributed by atoms with van der Waals surface area (Å²) in [6.45, 7) is 11.2. The van der Waals surface area contributed by atoms with Crippen LogP contribution in [0.4, 0.5) is 0 Å². The molecule has 0 aromatic heterocycles. The zero-order valence-corrected chi connectivity index (χ0v) is 70.8. The normalized spacial score (nSPS) is 26.8. The van der Waals surface area contributed by atoms with Gasteiger partial charge < -0.3 is 106 Å². The maximum absolute atomic E-state index is 14.5. The Morgan fingerprint density at radius 2 is 0.669 bits per heavy atom. The number of ether oxygens (including phenoxy) is 19. The van der Waals surface area contributed by atoms with Crippen molar-refractivity contribution in [3.8, 4) is 5.75 Å². The van der Waals surface area contributed by atoms with Crippen LogP contribution in [0.2, 0.25) is 25.7 Å². The van der Waals surface area contributed by atoms with Gasteiger partial charge in [0.1, 0.15) is 104 Å². The van der Waals surface area contributed by atoms with Crippen LogP contribution in [0.25, 0.3) is 0 Å². The maximum Gasteiger partial charge on any atom is 0.303 e. The second-order valence-corrected chi connectivity index (χ2v) is 37.3. The van der Waals surface area contributed by atoms with Crippen LogP contribution in [0.15, 0.2) is 237 Å². The molecular formula is C94H114N2O24Si. The van der Waals surface area contributed by atoms with Crippen molar-refractivity contribution in [3.05, 3.63) is 281 Å². The lowest BCUT2D eigenvalue weighted by atomic mass is 9.93. The molecule has 4 aliphatic heterocycles. The minimum Gasteiger partial charge on any atom is -0.497 e. The molecule has 12 rings (SSSR count). The molecule has 0 bridgehead atoms. The monoisotopic (exact) mass is 1680 g/mol. The molecule has 4 fully saturated rings.